The van der Waals surface area contributed by atoms with E-state index in [2.05, 4.69) is 102 Å². The summed E-state index contributed by atoms with van der Waals surface area (Å²) in [5.41, 5.74) is 8.05. The Hall–Kier alpha value is -3.06. The number of hydrogen-bond acceptors (Lipinski definition) is 0. The number of rotatable bonds is 2. The summed E-state index contributed by atoms with van der Waals surface area (Å²) >= 11 is 0. The molecule has 3 aromatic carbocycles. The molecule has 0 radical (unpaired) electrons. The molecule has 1 atom stereocenters. The first-order valence-electron chi connectivity index (χ1n) is 8.76. The van der Waals surface area contributed by atoms with Crippen molar-refractivity contribution in [2.45, 2.75) is 13.0 Å². The van der Waals surface area contributed by atoms with E-state index in [9.17, 15) is 0 Å². The van der Waals surface area contributed by atoms with Crippen LogP contribution >= 0.6 is 0 Å². The van der Waals surface area contributed by atoms with Gasteiger partial charge in [-0.3, -0.25) is 0 Å². The lowest BCUT2D eigenvalue weighted by molar-refractivity contribution is 0.760. The van der Waals surface area contributed by atoms with Crippen LogP contribution in [0.25, 0.3) is 22.0 Å². The van der Waals surface area contributed by atoms with Crippen LogP contribution in [0.5, 0.6) is 0 Å². The van der Waals surface area contributed by atoms with E-state index in [-0.39, 0.29) is 6.04 Å². The SMILES string of the molecule is CC1=C(c2ccccc2)C(c2ccccc2)n2c1cc1ccccc12. The van der Waals surface area contributed by atoms with Gasteiger partial charge in [0.25, 0.3) is 0 Å². The van der Waals surface area contributed by atoms with E-state index in [1.54, 1.807) is 0 Å². The minimum Gasteiger partial charge on any atom is -0.329 e. The van der Waals surface area contributed by atoms with Crippen molar-refractivity contribution < 1.29 is 0 Å². The molecule has 1 aliphatic heterocycles. The Labute approximate surface area is 147 Å². The van der Waals surface area contributed by atoms with Crippen molar-refractivity contribution in [3.05, 3.63) is 108 Å². The number of aromatic nitrogens is 1. The minimum atomic E-state index is 0.221. The van der Waals surface area contributed by atoms with E-state index in [4.69, 9.17) is 0 Å². The van der Waals surface area contributed by atoms with Crippen molar-refractivity contribution >= 4 is 22.0 Å². The maximum atomic E-state index is 2.50. The van der Waals surface area contributed by atoms with Gasteiger partial charge in [-0.15, -0.1) is 0 Å². The molecule has 1 nitrogen and oxygen atoms in total. The van der Waals surface area contributed by atoms with Crippen LogP contribution in [0.3, 0.4) is 0 Å². The fourth-order valence-electron chi connectivity index (χ4n) is 4.16. The summed E-state index contributed by atoms with van der Waals surface area (Å²) in [6.45, 7) is 2.26. The molecule has 2 heterocycles. The van der Waals surface area contributed by atoms with Gasteiger partial charge in [-0.05, 0) is 41.3 Å². The summed E-state index contributed by atoms with van der Waals surface area (Å²) in [6, 6.07) is 32.9. The van der Waals surface area contributed by atoms with E-state index >= 15 is 0 Å². The van der Waals surface area contributed by atoms with Crippen molar-refractivity contribution in [2.24, 2.45) is 0 Å². The van der Waals surface area contributed by atoms with Crippen LogP contribution in [0.4, 0.5) is 0 Å². The molecule has 1 heteroatoms. The summed E-state index contributed by atoms with van der Waals surface area (Å²) < 4.78 is 2.50. The van der Waals surface area contributed by atoms with Gasteiger partial charge < -0.3 is 4.57 Å². The number of allylic oxidation sites excluding steroid dienone is 2. The summed E-state index contributed by atoms with van der Waals surface area (Å²) in [4.78, 5) is 0. The molecule has 0 saturated heterocycles. The molecule has 5 rings (SSSR count). The monoisotopic (exact) mass is 321 g/mol. The fraction of sp³-hybridized carbons (Fsp3) is 0.0833. The zero-order valence-electron chi connectivity index (χ0n) is 14.2. The van der Waals surface area contributed by atoms with Gasteiger partial charge in [0, 0.05) is 16.6 Å². The maximum Gasteiger partial charge on any atom is 0.0854 e. The van der Waals surface area contributed by atoms with Gasteiger partial charge >= 0.3 is 0 Å². The van der Waals surface area contributed by atoms with E-state index in [0.717, 1.165) is 0 Å². The summed E-state index contributed by atoms with van der Waals surface area (Å²) in [7, 11) is 0. The van der Waals surface area contributed by atoms with Gasteiger partial charge in [-0.2, -0.15) is 0 Å². The number of fused-ring (bicyclic) bond motifs is 3. The summed E-state index contributed by atoms with van der Waals surface area (Å²) in [5, 5.41) is 1.31. The van der Waals surface area contributed by atoms with Gasteiger partial charge in [0.1, 0.15) is 0 Å². The Morgan fingerprint density at radius 3 is 2.12 bits per heavy atom. The lowest BCUT2D eigenvalue weighted by atomic mass is 9.91. The average Bonchev–Trinajstić information content (AvgIpc) is 3.18. The van der Waals surface area contributed by atoms with Crippen molar-refractivity contribution in [2.75, 3.05) is 0 Å². The van der Waals surface area contributed by atoms with Gasteiger partial charge in [0.15, 0.2) is 0 Å². The molecule has 0 bridgehead atoms. The smallest absolute Gasteiger partial charge is 0.0854 e. The second kappa shape index (κ2) is 5.49. The van der Waals surface area contributed by atoms with Crippen LogP contribution in [-0.2, 0) is 0 Å². The zero-order chi connectivity index (χ0) is 16.8. The Kier molecular flexibility index (Phi) is 3.14. The topological polar surface area (TPSA) is 4.93 Å². The first kappa shape index (κ1) is 14.3. The molecule has 120 valence electrons. The van der Waals surface area contributed by atoms with Gasteiger partial charge in [0.2, 0.25) is 0 Å². The number of benzene rings is 3. The molecule has 0 aliphatic carbocycles. The molecule has 0 fully saturated rings. The highest BCUT2D eigenvalue weighted by Gasteiger charge is 2.32. The molecule has 0 saturated carbocycles. The van der Waals surface area contributed by atoms with Crippen molar-refractivity contribution in [1.29, 1.82) is 0 Å². The molecule has 0 spiro atoms. The van der Waals surface area contributed by atoms with Gasteiger partial charge in [0.05, 0.1) is 6.04 Å². The number of nitrogens with zero attached hydrogens (tertiary/aromatic N) is 1. The molecule has 1 unspecified atom stereocenters. The molecule has 1 aliphatic rings. The molecule has 0 amide bonds. The number of para-hydroxylation sites is 1. The molecule has 1 aromatic heterocycles. The second-order valence-corrected chi connectivity index (χ2v) is 6.68. The van der Waals surface area contributed by atoms with Crippen LogP contribution < -0.4 is 0 Å². The van der Waals surface area contributed by atoms with E-state index in [1.807, 2.05) is 0 Å². The molecule has 4 aromatic rings. The lowest BCUT2D eigenvalue weighted by Crippen LogP contribution is -2.09. The molecule has 25 heavy (non-hydrogen) atoms. The Morgan fingerprint density at radius 2 is 1.36 bits per heavy atom. The lowest BCUT2D eigenvalue weighted by Gasteiger charge is -2.21. The zero-order valence-corrected chi connectivity index (χ0v) is 14.2. The predicted octanol–water partition coefficient (Wildman–Crippen LogP) is 6.18. The summed E-state index contributed by atoms with van der Waals surface area (Å²) in [6.07, 6.45) is 0. The van der Waals surface area contributed by atoms with Crippen molar-refractivity contribution in [1.82, 2.24) is 4.57 Å². The molecular formula is C24H19N. The van der Waals surface area contributed by atoms with E-state index < -0.39 is 0 Å². The highest BCUT2D eigenvalue weighted by molar-refractivity contribution is 6.00. The molecular weight excluding hydrogens is 302 g/mol. The Balaban J connectivity index is 1.84. The van der Waals surface area contributed by atoms with Crippen molar-refractivity contribution in [3.63, 3.8) is 0 Å². The van der Waals surface area contributed by atoms with E-state index in [1.165, 1.54) is 38.9 Å². The highest BCUT2D eigenvalue weighted by Crippen LogP contribution is 2.48. The minimum absolute atomic E-state index is 0.221. The average molecular weight is 321 g/mol. The quantitative estimate of drug-likeness (QED) is 0.416. The number of hydrogen-bond donors (Lipinski definition) is 0. The van der Waals surface area contributed by atoms with Crippen LogP contribution in [0.1, 0.15) is 29.8 Å². The first-order chi connectivity index (χ1) is 12.3. The third-order valence-electron chi connectivity index (χ3n) is 5.27. The van der Waals surface area contributed by atoms with Gasteiger partial charge in [-0.1, -0.05) is 78.9 Å². The second-order valence-electron chi connectivity index (χ2n) is 6.68. The largest absolute Gasteiger partial charge is 0.329 e. The Morgan fingerprint density at radius 1 is 0.720 bits per heavy atom. The van der Waals surface area contributed by atoms with Crippen LogP contribution in [0.15, 0.2) is 91.0 Å². The summed E-state index contributed by atoms with van der Waals surface area (Å²) in [5.74, 6) is 0. The Bertz CT molecular complexity index is 1080. The standard InChI is InChI=1S/C24H19N/c1-17-22-16-20-14-8-9-15-21(20)25(22)24(19-12-6-3-7-13-19)23(17)18-10-4-2-5-11-18/h2-16,24H,1H3. The predicted molar refractivity (Wildman–Crippen MR) is 105 cm³/mol. The van der Waals surface area contributed by atoms with E-state index in [0.29, 0.717) is 0 Å². The molecule has 0 N–H and O–H groups in total. The fourth-order valence-corrected chi connectivity index (χ4v) is 4.16. The third-order valence-corrected chi connectivity index (χ3v) is 5.27. The van der Waals surface area contributed by atoms with Crippen LogP contribution in [-0.4, -0.2) is 4.57 Å². The van der Waals surface area contributed by atoms with Gasteiger partial charge in [-0.25, -0.2) is 0 Å². The third kappa shape index (κ3) is 2.09. The normalized spacial score (nSPS) is 16.4. The maximum absolute atomic E-state index is 2.50. The first-order valence-corrected chi connectivity index (χ1v) is 8.76. The van der Waals surface area contributed by atoms with Crippen LogP contribution in [0.2, 0.25) is 0 Å². The van der Waals surface area contributed by atoms with Crippen LogP contribution in [0, 0.1) is 0 Å². The van der Waals surface area contributed by atoms with Crippen molar-refractivity contribution in [3.8, 4) is 0 Å². The highest BCUT2D eigenvalue weighted by atomic mass is 15.1.